The molecule has 0 atom stereocenters. The Balaban J connectivity index is 1.84. The molecule has 8 heteroatoms. The molecule has 1 aromatic heterocycles. The minimum absolute atomic E-state index is 0.314. The summed E-state index contributed by atoms with van der Waals surface area (Å²) in [6.07, 6.45) is 0.711. The number of thiazole rings is 1. The lowest BCUT2D eigenvalue weighted by atomic mass is 10.1. The van der Waals surface area contributed by atoms with Gasteiger partial charge in [0.15, 0.2) is 5.13 Å². The van der Waals surface area contributed by atoms with Gasteiger partial charge in [-0.1, -0.05) is 15.9 Å². The van der Waals surface area contributed by atoms with E-state index in [0.717, 1.165) is 26.4 Å². The van der Waals surface area contributed by atoms with Crippen LogP contribution < -0.4 is 15.0 Å². The van der Waals surface area contributed by atoms with Crippen LogP contribution in [0.25, 0.3) is 11.3 Å². The minimum Gasteiger partial charge on any atom is -0.492 e. The van der Waals surface area contributed by atoms with E-state index in [0.29, 0.717) is 18.2 Å². The van der Waals surface area contributed by atoms with Gasteiger partial charge >= 0.3 is 6.03 Å². The molecule has 24 heavy (non-hydrogen) atoms. The summed E-state index contributed by atoms with van der Waals surface area (Å²) in [5, 5.41) is 2.89. The van der Waals surface area contributed by atoms with Crippen LogP contribution in [0.3, 0.4) is 0 Å². The smallest absolute Gasteiger partial charge is 0.331 e. The molecule has 1 N–H and O–H groups in total. The van der Waals surface area contributed by atoms with E-state index in [1.54, 1.807) is 13.8 Å². The quantitative estimate of drug-likeness (QED) is 0.735. The number of carbonyl (C=O) groups excluding carboxylic acids is 2. The van der Waals surface area contributed by atoms with Gasteiger partial charge in [0, 0.05) is 21.3 Å². The highest BCUT2D eigenvalue weighted by atomic mass is 79.9. The van der Waals surface area contributed by atoms with Gasteiger partial charge in [0.2, 0.25) is 0 Å². The van der Waals surface area contributed by atoms with E-state index in [1.165, 1.54) is 16.2 Å². The second-order valence-electron chi connectivity index (χ2n) is 6.16. The number of anilines is 1. The first-order chi connectivity index (χ1) is 11.4. The molecule has 1 aromatic carbocycles. The van der Waals surface area contributed by atoms with Gasteiger partial charge in [0.25, 0.3) is 5.91 Å². The summed E-state index contributed by atoms with van der Waals surface area (Å²) in [7, 11) is 0. The molecular formula is C16H14BrN3O3S. The Hall–Kier alpha value is -1.93. The van der Waals surface area contributed by atoms with Crippen molar-refractivity contribution in [3.8, 4) is 17.0 Å². The van der Waals surface area contributed by atoms with Crippen LogP contribution in [0, 0.1) is 0 Å². The molecule has 4 rings (SSSR count). The summed E-state index contributed by atoms with van der Waals surface area (Å²) in [4.78, 5) is 31.4. The second kappa shape index (κ2) is 5.29. The molecule has 3 heterocycles. The number of imide groups is 1. The van der Waals surface area contributed by atoms with E-state index in [9.17, 15) is 9.59 Å². The second-order valence-corrected chi connectivity index (χ2v) is 8.14. The third-order valence-electron chi connectivity index (χ3n) is 4.20. The largest absolute Gasteiger partial charge is 0.492 e. The maximum Gasteiger partial charge on any atom is 0.331 e. The van der Waals surface area contributed by atoms with E-state index in [4.69, 9.17) is 4.74 Å². The molecule has 0 bridgehead atoms. The van der Waals surface area contributed by atoms with Crippen LogP contribution in [0.2, 0.25) is 0 Å². The van der Waals surface area contributed by atoms with Gasteiger partial charge < -0.3 is 4.74 Å². The topological polar surface area (TPSA) is 71.5 Å². The number of nitrogens with zero attached hydrogens (tertiary/aromatic N) is 2. The van der Waals surface area contributed by atoms with Crippen LogP contribution >= 0.6 is 27.3 Å². The van der Waals surface area contributed by atoms with Crippen molar-refractivity contribution in [2.75, 3.05) is 11.5 Å². The average molecular weight is 408 g/mol. The molecule has 3 amide bonds. The van der Waals surface area contributed by atoms with Crippen molar-refractivity contribution in [3.63, 3.8) is 0 Å². The number of hydrogen-bond acceptors (Lipinski definition) is 5. The number of aromatic nitrogens is 1. The molecule has 0 unspecified atom stereocenters. The predicted octanol–water partition coefficient (Wildman–Crippen LogP) is 3.34. The first-order valence-corrected chi connectivity index (χ1v) is 9.07. The summed E-state index contributed by atoms with van der Waals surface area (Å²) < 4.78 is 6.74. The average Bonchev–Trinajstić information content (AvgIpc) is 2.92. The van der Waals surface area contributed by atoms with Gasteiger partial charge in [0.05, 0.1) is 12.3 Å². The fourth-order valence-electron chi connectivity index (χ4n) is 2.87. The third kappa shape index (κ3) is 2.24. The van der Waals surface area contributed by atoms with Crippen LogP contribution in [0.4, 0.5) is 9.93 Å². The molecule has 0 radical (unpaired) electrons. The lowest BCUT2D eigenvalue weighted by Gasteiger charge is -2.25. The molecule has 1 saturated heterocycles. The fourth-order valence-corrected chi connectivity index (χ4v) is 4.40. The predicted molar refractivity (Wildman–Crippen MR) is 94.5 cm³/mol. The molecule has 0 spiro atoms. The minimum atomic E-state index is -0.952. The van der Waals surface area contributed by atoms with Crippen molar-refractivity contribution in [1.29, 1.82) is 0 Å². The van der Waals surface area contributed by atoms with Crippen molar-refractivity contribution >= 4 is 44.3 Å². The number of urea groups is 1. The van der Waals surface area contributed by atoms with Gasteiger partial charge in [-0.25, -0.2) is 9.78 Å². The summed E-state index contributed by atoms with van der Waals surface area (Å²) in [5.41, 5.74) is 0.766. The van der Waals surface area contributed by atoms with Gasteiger partial charge in [-0.2, -0.15) is 0 Å². The van der Waals surface area contributed by atoms with E-state index in [2.05, 4.69) is 26.2 Å². The number of amides is 3. The zero-order chi connectivity index (χ0) is 17.1. The van der Waals surface area contributed by atoms with Gasteiger partial charge in [-0.15, -0.1) is 11.3 Å². The summed E-state index contributed by atoms with van der Waals surface area (Å²) in [6, 6.07) is 5.38. The number of carbonyl (C=O) groups is 2. The summed E-state index contributed by atoms with van der Waals surface area (Å²) >= 11 is 4.88. The molecule has 0 aliphatic carbocycles. The Bertz CT molecular complexity index is 877. The lowest BCUT2D eigenvalue weighted by molar-refractivity contribution is -0.122. The molecule has 2 aliphatic rings. The highest BCUT2D eigenvalue weighted by Crippen LogP contribution is 2.42. The fraction of sp³-hybridized carbons (Fsp3) is 0.312. The Morgan fingerprint density at radius 3 is 2.88 bits per heavy atom. The molecule has 124 valence electrons. The first kappa shape index (κ1) is 15.6. The van der Waals surface area contributed by atoms with Crippen molar-refractivity contribution < 1.29 is 14.3 Å². The highest BCUT2D eigenvalue weighted by molar-refractivity contribution is 9.10. The highest BCUT2D eigenvalue weighted by Gasteiger charge is 2.48. The Kier molecular flexibility index (Phi) is 3.43. The Labute approximate surface area is 151 Å². The van der Waals surface area contributed by atoms with Crippen molar-refractivity contribution in [3.05, 3.63) is 27.5 Å². The molecular weight excluding hydrogens is 394 g/mol. The maximum atomic E-state index is 12.2. The Morgan fingerprint density at radius 1 is 1.38 bits per heavy atom. The van der Waals surface area contributed by atoms with Gasteiger partial charge in [-0.3, -0.25) is 15.0 Å². The van der Waals surface area contributed by atoms with Gasteiger partial charge in [-0.05, 0) is 32.0 Å². The molecule has 0 saturated carbocycles. The zero-order valence-electron chi connectivity index (χ0n) is 13.1. The van der Waals surface area contributed by atoms with Crippen LogP contribution in [-0.4, -0.2) is 29.1 Å². The van der Waals surface area contributed by atoms with E-state index in [1.807, 2.05) is 18.2 Å². The maximum absolute atomic E-state index is 12.2. The van der Waals surface area contributed by atoms with E-state index >= 15 is 0 Å². The number of rotatable bonds is 1. The van der Waals surface area contributed by atoms with Crippen LogP contribution in [-0.2, 0) is 11.2 Å². The van der Waals surface area contributed by atoms with Gasteiger partial charge in [0.1, 0.15) is 11.3 Å². The monoisotopic (exact) mass is 407 g/mol. The standard InChI is InChI=1S/C16H14BrN3O3S/c1-16(2)13(21)19-14(22)20(16)15-18-12-9-4-3-8(17)7-10(9)23-6-5-11(12)24-15/h3-4,7H,5-6H2,1-2H3,(H,19,21,22). The lowest BCUT2D eigenvalue weighted by Crippen LogP contribution is -2.44. The molecule has 1 fully saturated rings. The molecule has 6 nitrogen and oxygen atoms in total. The number of fused-ring (bicyclic) bond motifs is 3. The molecule has 2 aliphatic heterocycles. The van der Waals surface area contributed by atoms with Crippen LogP contribution in [0.1, 0.15) is 18.7 Å². The number of halogens is 1. The number of nitrogens with one attached hydrogen (secondary N) is 1. The van der Waals surface area contributed by atoms with Crippen LogP contribution in [0.15, 0.2) is 22.7 Å². The summed E-state index contributed by atoms with van der Waals surface area (Å²) in [5.74, 6) is 0.451. The SMILES string of the molecule is CC1(C)C(=O)NC(=O)N1c1nc2c(s1)CCOc1cc(Br)ccc1-2. The summed E-state index contributed by atoms with van der Waals surface area (Å²) in [6.45, 7) is 3.98. The van der Waals surface area contributed by atoms with Crippen molar-refractivity contribution in [2.45, 2.75) is 25.8 Å². The number of benzene rings is 1. The first-order valence-electron chi connectivity index (χ1n) is 7.46. The number of hydrogen-bond donors (Lipinski definition) is 1. The normalized spacial score (nSPS) is 18.5. The van der Waals surface area contributed by atoms with E-state index in [-0.39, 0.29) is 5.91 Å². The van der Waals surface area contributed by atoms with E-state index < -0.39 is 11.6 Å². The van der Waals surface area contributed by atoms with Crippen molar-refractivity contribution in [2.24, 2.45) is 0 Å². The Morgan fingerprint density at radius 2 is 2.17 bits per heavy atom. The zero-order valence-corrected chi connectivity index (χ0v) is 15.5. The van der Waals surface area contributed by atoms with Crippen LogP contribution in [0.5, 0.6) is 5.75 Å². The number of ether oxygens (including phenoxy) is 1. The third-order valence-corrected chi connectivity index (χ3v) is 5.79. The van der Waals surface area contributed by atoms with Crippen molar-refractivity contribution in [1.82, 2.24) is 10.3 Å². The molecule has 2 aromatic rings.